The van der Waals surface area contributed by atoms with Crippen LogP contribution in [0.4, 0.5) is 4.79 Å². The Labute approximate surface area is 181 Å². The van der Waals surface area contributed by atoms with Gasteiger partial charge in [-0.25, -0.2) is 4.79 Å². The number of hydrogen-bond donors (Lipinski definition) is 0. The number of carbonyl (C=O) groups excluding carboxylic acids is 3. The summed E-state index contributed by atoms with van der Waals surface area (Å²) in [6.45, 7) is 2.44. The fraction of sp³-hybridized carbons (Fsp3) is 0.375. The molecule has 3 rings (SSSR count). The predicted octanol–water partition coefficient (Wildman–Crippen LogP) is 3.60. The van der Waals surface area contributed by atoms with E-state index >= 15 is 0 Å². The van der Waals surface area contributed by atoms with E-state index in [2.05, 4.69) is 0 Å². The molecule has 0 aromatic heterocycles. The fourth-order valence-electron chi connectivity index (χ4n) is 3.88. The Morgan fingerprint density at radius 1 is 1.00 bits per heavy atom. The van der Waals surface area contributed by atoms with Gasteiger partial charge in [-0.15, -0.1) is 0 Å². The number of aldehydes is 1. The molecule has 0 aliphatic carbocycles. The molecule has 0 saturated carbocycles. The molecule has 3 unspecified atom stereocenters. The summed E-state index contributed by atoms with van der Waals surface area (Å²) in [6.07, 6.45) is 0.241. The van der Waals surface area contributed by atoms with Crippen molar-refractivity contribution in [1.29, 1.82) is 0 Å². The van der Waals surface area contributed by atoms with Crippen LogP contribution in [0, 0.1) is 11.8 Å². The summed E-state index contributed by atoms with van der Waals surface area (Å²) >= 11 is 0. The summed E-state index contributed by atoms with van der Waals surface area (Å²) in [4.78, 5) is 38.3. The summed E-state index contributed by atoms with van der Waals surface area (Å²) in [6, 6.07) is 16.0. The monoisotopic (exact) mass is 425 g/mol. The van der Waals surface area contributed by atoms with E-state index in [0.717, 1.165) is 23.2 Å². The summed E-state index contributed by atoms with van der Waals surface area (Å²) in [5.41, 5.74) is 1.69. The number of rotatable bonds is 8. The molecule has 7 heteroatoms. The molecule has 1 aliphatic rings. The molecule has 1 amide bonds. The van der Waals surface area contributed by atoms with Gasteiger partial charge in [-0.1, -0.05) is 49.4 Å². The number of methoxy groups -OCH3 is 1. The van der Waals surface area contributed by atoms with E-state index in [9.17, 15) is 14.4 Å². The molecule has 1 fully saturated rings. The van der Waals surface area contributed by atoms with Crippen LogP contribution in [0.5, 0.6) is 5.75 Å². The van der Waals surface area contributed by atoms with Crippen molar-refractivity contribution in [2.45, 2.75) is 32.6 Å². The molecule has 0 bridgehead atoms. The van der Waals surface area contributed by atoms with Crippen molar-refractivity contribution >= 4 is 18.3 Å². The maximum atomic E-state index is 12.8. The SMILES string of the molecule is COc1ccc(COC(=O)C2C(C)CN(C(=O)OCc3ccccc3)C2CC=O)cc1. The molecular weight excluding hydrogens is 398 g/mol. The molecular formula is C24H27NO6. The van der Waals surface area contributed by atoms with Gasteiger partial charge in [0.05, 0.1) is 19.1 Å². The van der Waals surface area contributed by atoms with Crippen LogP contribution in [-0.2, 0) is 32.3 Å². The summed E-state index contributed by atoms with van der Waals surface area (Å²) in [5, 5.41) is 0. The molecule has 1 heterocycles. The van der Waals surface area contributed by atoms with Crippen LogP contribution in [0.2, 0.25) is 0 Å². The highest BCUT2D eigenvalue weighted by Gasteiger charge is 2.47. The van der Waals surface area contributed by atoms with Crippen molar-refractivity contribution in [3.8, 4) is 5.75 Å². The van der Waals surface area contributed by atoms with Crippen LogP contribution in [0.15, 0.2) is 54.6 Å². The van der Waals surface area contributed by atoms with Crippen molar-refractivity contribution in [2.75, 3.05) is 13.7 Å². The van der Waals surface area contributed by atoms with E-state index in [1.165, 1.54) is 4.90 Å². The molecule has 1 aliphatic heterocycles. The Balaban J connectivity index is 1.62. The zero-order valence-electron chi connectivity index (χ0n) is 17.7. The molecule has 164 valence electrons. The average Bonchev–Trinajstić information content (AvgIpc) is 3.13. The molecule has 7 nitrogen and oxygen atoms in total. The smallest absolute Gasteiger partial charge is 0.410 e. The first-order chi connectivity index (χ1) is 15.0. The second-order valence-corrected chi connectivity index (χ2v) is 7.62. The third-order valence-corrected chi connectivity index (χ3v) is 5.50. The molecule has 2 aromatic rings. The second-order valence-electron chi connectivity index (χ2n) is 7.62. The minimum atomic E-state index is -0.590. The Kier molecular flexibility index (Phi) is 7.65. The van der Waals surface area contributed by atoms with Crippen molar-refractivity contribution in [1.82, 2.24) is 4.90 Å². The number of carbonyl (C=O) groups is 3. The van der Waals surface area contributed by atoms with Crippen LogP contribution in [0.3, 0.4) is 0 Å². The van der Waals surface area contributed by atoms with E-state index < -0.39 is 24.0 Å². The lowest BCUT2D eigenvalue weighted by Crippen LogP contribution is -2.40. The Bertz CT molecular complexity index is 883. The number of likely N-dealkylation sites (tertiary alicyclic amines) is 1. The first kappa shape index (κ1) is 22.3. The van der Waals surface area contributed by atoms with E-state index in [-0.39, 0.29) is 25.6 Å². The number of nitrogens with zero attached hydrogens (tertiary/aromatic N) is 1. The number of benzene rings is 2. The number of hydrogen-bond acceptors (Lipinski definition) is 6. The Hall–Kier alpha value is -3.35. The van der Waals surface area contributed by atoms with E-state index in [4.69, 9.17) is 14.2 Å². The largest absolute Gasteiger partial charge is 0.497 e. The fourth-order valence-corrected chi connectivity index (χ4v) is 3.88. The topological polar surface area (TPSA) is 82.1 Å². The zero-order valence-corrected chi connectivity index (χ0v) is 17.7. The minimum Gasteiger partial charge on any atom is -0.497 e. The lowest BCUT2D eigenvalue weighted by Gasteiger charge is -2.25. The van der Waals surface area contributed by atoms with E-state index in [1.54, 1.807) is 19.2 Å². The number of amides is 1. The van der Waals surface area contributed by atoms with E-state index in [0.29, 0.717) is 6.54 Å². The highest BCUT2D eigenvalue weighted by Crippen LogP contribution is 2.33. The molecule has 0 N–H and O–H groups in total. The first-order valence-electron chi connectivity index (χ1n) is 10.2. The van der Waals surface area contributed by atoms with Crippen molar-refractivity contribution in [3.63, 3.8) is 0 Å². The third-order valence-electron chi connectivity index (χ3n) is 5.50. The maximum Gasteiger partial charge on any atom is 0.410 e. The lowest BCUT2D eigenvalue weighted by molar-refractivity contribution is -0.151. The van der Waals surface area contributed by atoms with Crippen LogP contribution in [0.25, 0.3) is 0 Å². The van der Waals surface area contributed by atoms with Crippen LogP contribution < -0.4 is 4.74 Å². The van der Waals surface area contributed by atoms with Gasteiger partial charge in [0.1, 0.15) is 25.2 Å². The maximum absolute atomic E-state index is 12.8. The summed E-state index contributed by atoms with van der Waals surface area (Å²) in [7, 11) is 1.58. The van der Waals surface area contributed by atoms with Crippen molar-refractivity contribution in [3.05, 3.63) is 65.7 Å². The van der Waals surface area contributed by atoms with Crippen LogP contribution in [0.1, 0.15) is 24.5 Å². The van der Waals surface area contributed by atoms with Crippen LogP contribution in [-0.4, -0.2) is 42.9 Å². The van der Waals surface area contributed by atoms with Gasteiger partial charge in [0.2, 0.25) is 0 Å². The highest BCUT2D eigenvalue weighted by molar-refractivity contribution is 5.78. The third kappa shape index (κ3) is 5.63. The molecule has 0 spiro atoms. The molecule has 2 aromatic carbocycles. The second kappa shape index (κ2) is 10.6. The standard InChI is InChI=1S/C24H27NO6/c1-17-14-25(24(28)31-16-18-6-4-3-5-7-18)21(12-13-26)22(17)23(27)30-15-19-8-10-20(29-2)11-9-19/h3-11,13,17,21-22H,12,14-16H2,1-2H3. The van der Waals surface area contributed by atoms with Crippen molar-refractivity contribution < 1.29 is 28.6 Å². The number of ether oxygens (including phenoxy) is 3. The van der Waals surface area contributed by atoms with Crippen LogP contribution >= 0.6 is 0 Å². The lowest BCUT2D eigenvalue weighted by atomic mass is 9.90. The minimum absolute atomic E-state index is 0.0487. The van der Waals surface area contributed by atoms with Gasteiger partial charge in [0.25, 0.3) is 0 Å². The van der Waals surface area contributed by atoms with Gasteiger partial charge in [-0.3, -0.25) is 4.79 Å². The van der Waals surface area contributed by atoms with Gasteiger partial charge >= 0.3 is 12.1 Å². The Morgan fingerprint density at radius 2 is 1.65 bits per heavy atom. The zero-order chi connectivity index (χ0) is 22.2. The van der Waals surface area contributed by atoms with Gasteiger partial charge < -0.3 is 23.9 Å². The number of esters is 1. The quantitative estimate of drug-likeness (QED) is 0.475. The molecule has 31 heavy (non-hydrogen) atoms. The predicted molar refractivity (Wildman–Crippen MR) is 113 cm³/mol. The highest BCUT2D eigenvalue weighted by atomic mass is 16.6. The molecule has 3 atom stereocenters. The average molecular weight is 425 g/mol. The summed E-state index contributed by atoms with van der Waals surface area (Å²) in [5.74, 6) is -0.450. The van der Waals surface area contributed by atoms with Gasteiger partial charge in [-0.2, -0.15) is 0 Å². The molecule has 0 radical (unpaired) electrons. The first-order valence-corrected chi connectivity index (χ1v) is 10.2. The normalized spacial score (nSPS) is 20.2. The van der Waals surface area contributed by atoms with E-state index in [1.807, 2.05) is 49.4 Å². The van der Waals surface area contributed by atoms with Gasteiger partial charge in [-0.05, 0) is 29.2 Å². The van der Waals surface area contributed by atoms with Gasteiger partial charge in [0.15, 0.2) is 0 Å². The van der Waals surface area contributed by atoms with Gasteiger partial charge in [0, 0.05) is 13.0 Å². The van der Waals surface area contributed by atoms with Crippen molar-refractivity contribution in [2.24, 2.45) is 11.8 Å². The Morgan fingerprint density at radius 3 is 2.29 bits per heavy atom. The molecule has 1 saturated heterocycles. The summed E-state index contributed by atoms with van der Waals surface area (Å²) < 4.78 is 16.1.